The molecule has 1 aromatic heterocycles. The van der Waals surface area contributed by atoms with Crippen molar-refractivity contribution in [3.63, 3.8) is 0 Å². The van der Waals surface area contributed by atoms with Crippen LogP contribution in [-0.2, 0) is 6.18 Å². The van der Waals surface area contributed by atoms with Gasteiger partial charge < -0.3 is 0 Å². The highest BCUT2D eigenvalue weighted by Crippen LogP contribution is 2.49. The van der Waals surface area contributed by atoms with E-state index in [1.165, 1.54) is 0 Å². The van der Waals surface area contributed by atoms with Gasteiger partial charge in [0.05, 0.1) is 26.2 Å². The minimum absolute atomic E-state index is 0.354. The summed E-state index contributed by atoms with van der Waals surface area (Å²) in [6, 6.07) is 0.775. The number of thioether (sulfide) groups is 2. The molecule has 0 saturated carbocycles. The molecule has 15 heteroatoms. The molecule has 0 spiro atoms. The summed E-state index contributed by atoms with van der Waals surface area (Å²) in [5.41, 5.74) is -12.3. The Morgan fingerprint density at radius 1 is 0.857 bits per heavy atom. The quantitative estimate of drug-likeness (QED) is 0.321. The smallest absolute Gasteiger partial charge is 0.222 e. The molecule has 0 aliphatic carbocycles. The second-order valence-electron chi connectivity index (χ2n) is 5.01. The summed E-state index contributed by atoms with van der Waals surface area (Å²) < 4.78 is 116. The van der Waals surface area contributed by atoms with Crippen molar-refractivity contribution in [2.24, 2.45) is 0 Å². The minimum Gasteiger partial charge on any atom is -0.222 e. The molecule has 2 nitrogen and oxygen atoms in total. The molecular weight excluding hydrogens is 490 g/mol. The second kappa shape index (κ2) is 7.73. The molecule has 0 radical (unpaired) electrons. The number of aromatic nitrogens is 2. The summed E-state index contributed by atoms with van der Waals surface area (Å²) in [7, 11) is 0. The van der Waals surface area contributed by atoms with Crippen molar-refractivity contribution in [1.82, 2.24) is 9.78 Å². The van der Waals surface area contributed by atoms with Gasteiger partial charge in [0, 0.05) is 11.8 Å². The highest BCUT2D eigenvalue weighted by Gasteiger charge is 2.40. The molecule has 0 bridgehead atoms. The van der Waals surface area contributed by atoms with Gasteiger partial charge in [-0.3, -0.25) is 0 Å². The molecule has 0 aliphatic heterocycles. The van der Waals surface area contributed by atoms with E-state index in [0.717, 1.165) is 6.92 Å². The number of aryl methyl sites for hydroxylation is 1. The lowest BCUT2D eigenvalue weighted by Gasteiger charge is -2.15. The summed E-state index contributed by atoms with van der Waals surface area (Å²) in [5, 5.41) is 1.07. The van der Waals surface area contributed by atoms with E-state index in [2.05, 4.69) is 5.10 Å². The zero-order valence-electron chi connectivity index (χ0n) is 13.0. The van der Waals surface area contributed by atoms with Crippen molar-refractivity contribution in [3.05, 3.63) is 33.4 Å². The third-order valence-electron chi connectivity index (χ3n) is 2.95. The Morgan fingerprint density at radius 2 is 1.32 bits per heavy atom. The number of hydrogen-bond acceptors (Lipinski definition) is 3. The van der Waals surface area contributed by atoms with Crippen LogP contribution in [0, 0.1) is 6.92 Å². The van der Waals surface area contributed by atoms with Crippen LogP contribution >= 0.6 is 46.7 Å². The first-order valence-corrected chi connectivity index (χ1v) is 9.06. The first-order chi connectivity index (χ1) is 12.5. The normalized spacial score (nSPS) is 13.3. The highest BCUT2D eigenvalue weighted by atomic mass is 35.5. The maximum Gasteiger partial charge on any atom is 0.447 e. The van der Waals surface area contributed by atoms with Gasteiger partial charge in [0.25, 0.3) is 0 Å². The fraction of sp³-hybridized carbons (Fsp3) is 0.308. The summed E-state index contributed by atoms with van der Waals surface area (Å²) in [5.74, 6) is 0. The van der Waals surface area contributed by atoms with Crippen LogP contribution in [-0.4, -0.2) is 20.8 Å². The molecule has 0 saturated heterocycles. The summed E-state index contributed by atoms with van der Waals surface area (Å²) in [6.45, 7) is 1.01. The number of alkyl halides is 9. The van der Waals surface area contributed by atoms with Crippen molar-refractivity contribution in [3.8, 4) is 5.69 Å². The monoisotopic (exact) mass is 494 g/mol. The van der Waals surface area contributed by atoms with E-state index in [0.29, 0.717) is 16.8 Å². The lowest BCUT2D eigenvalue weighted by molar-refractivity contribution is -0.137. The number of benzene rings is 1. The number of nitrogens with zero attached hydrogens (tertiary/aromatic N) is 2. The van der Waals surface area contributed by atoms with Gasteiger partial charge in [0.2, 0.25) is 0 Å². The van der Waals surface area contributed by atoms with Crippen LogP contribution < -0.4 is 0 Å². The molecule has 2 rings (SSSR count). The van der Waals surface area contributed by atoms with E-state index in [1.807, 2.05) is 0 Å². The predicted octanol–water partition coefficient (Wildman–Crippen LogP) is 7.73. The Hall–Kier alpha value is -0.920. The first-order valence-electron chi connectivity index (χ1n) is 6.67. The van der Waals surface area contributed by atoms with E-state index < -0.39 is 77.6 Å². The molecule has 0 amide bonds. The highest BCUT2D eigenvalue weighted by molar-refractivity contribution is 8.03. The number of hydrogen-bond donors (Lipinski definition) is 0. The number of rotatable bonds is 3. The van der Waals surface area contributed by atoms with Gasteiger partial charge in [0.15, 0.2) is 0 Å². The average molecular weight is 495 g/mol. The van der Waals surface area contributed by atoms with Crippen LogP contribution in [0.15, 0.2) is 22.1 Å². The van der Waals surface area contributed by atoms with Gasteiger partial charge in [-0.25, -0.2) is 4.68 Å². The van der Waals surface area contributed by atoms with E-state index in [9.17, 15) is 39.5 Å². The maximum atomic E-state index is 12.9. The SMILES string of the molecule is Cc1nn(-c2c(Cl)cc(C(F)(F)F)cc2Cl)c(SC(F)(F)F)c1SC(F)(F)F. The van der Waals surface area contributed by atoms with Crippen molar-refractivity contribution >= 4 is 46.7 Å². The molecule has 0 unspecified atom stereocenters. The average Bonchev–Trinajstić information content (AvgIpc) is 2.71. The fourth-order valence-corrected chi connectivity index (χ4v) is 4.18. The molecule has 28 heavy (non-hydrogen) atoms. The Labute approximate surface area is 169 Å². The maximum absolute atomic E-state index is 12.9. The summed E-state index contributed by atoms with van der Waals surface area (Å²) in [4.78, 5) is -0.873. The van der Waals surface area contributed by atoms with Crippen LogP contribution in [0.3, 0.4) is 0 Å². The molecule has 1 aromatic carbocycles. The van der Waals surface area contributed by atoms with Gasteiger partial charge >= 0.3 is 17.2 Å². The Bertz CT molecular complexity index is 865. The Balaban J connectivity index is 2.74. The van der Waals surface area contributed by atoms with E-state index >= 15 is 0 Å². The van der Waals surface area contributed by atoms with Crippen LogP contribution in [0.25, 0.3) is 5.69 Å². The van der Waals surface area contributed by atoms with Crippen LogP contribution in [0.5, 0.6) is 0 Å². The standard InChI is InChI=1S/C13H5Cl2F9N2S2/c1-4-9(27-12(19,20)21)10(28-13(22,23)24)26(25-4)8-6(14)2-5(3-7(8)15)11(16,17)18/h2-3H,1H3. The predicted molar refractivity (Wildman–Crippen MR) is 87.1 cm³/mol. The fourth-order valence-electron chi connectivity index (χ4n) is 2.01. The lowest BCUT2D eigenvalue weighted by atomic mass is 10.2. The molecule has 156 valence electrons. The Kier molecular flexibility index (Phi) is 6.45. The molecule has 2 aromatic rings. The van der Waals surface area contributed by atoms with E-state index in [4.69, 9.17) is 23.2 Å². The zero-order chi connectivity index (χ0) is 21.7. The Morgan fingerprint density at radius 3 is 1.71 bits per heavy atom. The van der Waals surface area contributed by atoms with Gasteiger partial charge in [-0.15, -0.1) is 0 Å². The van der Waals surface area contributed by atoms with Crippen molar-refractivity contribution in [2.45, 2.75) is 34.0 Å². The molecule has 1 heterocycles. The van der Waals surface area contributed by atoms with Gasteiger partial charge in [-0.05, 0) is 30.8 Å². The molecular formula is C13H5Cl2F9N2S2. The van der Waals surface area contributed by atoms with Gasteiger partial charge in [-0.1, -0.05) is 23.2 Å². The third kappa shape index (κ3) is 5.57. The van der Waals surface area contributed by atoms with Crippen LogP contribution in [0.2, 0.25) is 10.0 Å². The van der Waals surface area contributed by atoms with Crippen molar-refractivity contribution in [1.29, 1.82) is 0 Å². The largest absolute Gasteiger partial charge is 0.447 e. The lowest BCUT2D eigenvalue weighted by Crippen LogP contribution is -2.09. The minimum atomic E-state index is -5.02. The van der Waals surface area contributed by atoms with Crippen molar-refractivity contribution < 1.29 is 39.5 Å². The summed E-state index contributed by atoms with van der Waals surface area (Å²) in [6.07, 6.45) is -4.85. The zero-order valence-corrected chi connectivity index (χ0v) is 16.2. The molecule has 0 N–H and O–H groups in total. The van der Waals surface area contributed by atoms with E-state index in [-0.39, 0.29) is 0 Å². The molecule has 0 fully saturated rings. The summed E-state index contributed by atoms with van der Waals surface area (Å²) >= 11 is 9.73. The van der Waals surface area contributed by atoms with Crippen LogP contribution in [0.4, 0.5) is 39.5 Å². The molecule has 0 atom stereocenters. The van der Waals surface area contributed by atoms with Crippen molar-refractivity contribution in [2.75, 3.05) is 0 Å². The topological polar surface area (TPSA) is 17.8 Å². The number of halogens is 11. The van der Waals surface area contributed by atoms with Gasteiger partial charge in [0.1, 0.15) is 10.7 Å². The van der Waals surface area contributed by atoms with Gasteiger partial charge in [-0.2, -0.15) is 44.6 Å². The molecule has 0 aliphatic rings. The van der Waals surface area contributed by atoms with E-state index in [1.54, 1.807) is 0 Å². The van der Waals surface area contributed by atoms with Crippen LogP contribution in [0.1, 0.15) is 11.3 Å². The third-order valence-corrected chi connectivity index (χ3v) is 5.38. The second-order valence-corrected chi connectivity index (χ2v) is 7.96. The first kappa shape index (κ1) is 23.4.